The molecular weight excluding hydrogens is 401 g/mol. The van der Waals surface area contributed by atoms with Crippen molar-refractivity contribution in [2.24, 2.45) is 0 Å². The molecule has 0 saturated carbocycles. The Hall–Kier alpha value is -3.99. The maximum Gasteiger partial charge on any atom is 0.277 e. The summed E-state index contributed by atoms with van der Waals surface area (Å²) in [4.78, 5) is 17.7. The smallest absolute Gasteiger partial charge is 0.277 e. The van der Waals surface area contributed by atoms with E-state index < -0.39 is 0 Å². The molecule has 0 aliphatic heterocycles. The van der Waals surface area contributed by atoms with Gasteiger partial charge in [-0.25, -0.2) is 9.37 Å². The predicted octanol–water partition coefficient (Wildman–Crippen LogP) is 6.08. The van der Waals surface area contributed by atoms with E-state index in [9.17, 15) is 9.18 Å². The summed E-state index contributed by atoms with van der Waals surface area (Å²) in [6, 6.07) is 23.8. The molecule has 1 unspecified atom stereocenters. The summed E-state index contributed by atoms with van der Waals surface area (Å²) in [7, 11) is 0. The van der Waals surface area contributed by atoms with Crippen LogP contribution < -0.4 is 10.9 Å². The van der Waals surface area contributed by atoms with Crippen LogP contribution in [0.1, 0.15) is 18.5 Å². The lowest BCUT2D eigenvalue weighted by Crippen LogP contribution is -2.26. The van der Waals surface area contributed by atoms with Gasteiger partial charge in [-0.1, -0.05) is 78.9 Å². The van der Waals surface area contributed by atoms with Crippen molar-refractivity contribution in [2.45, 2.75) is 19.5 Å². The fourth-order valence-corrected chi connectivity index (χ4v) is 3.67. The molecule has 4 aromatic rings. The van der Waals surface area contributed by atoms with Crippen LogP contribution in [0.2, 0.25) is 0 Å². The second kappa shape index (κ2) is 9.43. The SMILES string of the molecule is C=CCn1c(-c2ccccc2)ncc(NC(C)c2ccc(-c3ccccc3F)cc2)c1=O. The van der Waals surface area contributed by atoms with Gasteiger partial charge in [0.05, 0.1) is 6.20 Å². The fourth-order valence-electron chi connectivity index (χ4n) is 3.67. The zero-order chi connectivity index (χ0) is 22.5. The van der Waals surface area contributed by atoms with Crippen molar-refractivity contribution in [2.75, 3.05) is 5.32 Å². The first-order chi connectivity index (χ1) is 15.6. The van der Waals surface area contributed by atoms with Crippen molar-refractivity contribution in [3.05, 3.63) is 119 Å². The Kier molecular flexibility index (Phi) is 6.26. The van der Waals surface area contributed by atoms with E-state index in [1.165, 1.54) is 6.07 Å². The molecule has 1 N–H and O–H groups in total. The fraction of sp³-hybridized carbons (Fsp3) is 0.111. The molecular formula is C27H24FN3O. The van der Waals surface area contributed by atoms with Crippen molar-refractivity contribution in [1.29, 1.82) is 0 Å². The van der Waals surface area contributed by atoms with E-state index in [1.54, 1.807) is 29.0 Å². The number of anilines is 1. The normalized spacial score (nSPS) is 11.7. The van der Waals surface area contributed by atoms with Gasteiger partial charge in [-0.15, -0.1) is 6.58 Å². The van der Waals surface area contributed by atoms with Gasteiger partial charge in [0.15, 0.2) is 0 Å². The minimum absolute atomic E-state index is 0.140. The lowest BCUT2D eigenvalue weighted by molar-refractivity contribution is 0.631. The van der Waals surface area contributed by atoms with Crippen LogP contribution >= 0.6 is 0 Å². The Labute approximate surface area is 186 Å². The van der Waals surface area contributed by atoms with Crippen molar-refractivity contribution >= 4 is 5.69 Å². The zero-order valence-electron chi connectivity index (χ0n) is 17.8. The number of rotatable bonds is 7. The Morgan fingerprint density at radius 3 is 2.38 bits per heavy atom. The van der Waals surface area contributed by atoms with Crippen LogP contribution in [0, 0.1) is 5.82 Å². The van der Waals surface area contributed by atoms with E-state index in [2.05, 4.69) is 16.9 Å². The highest BCUT2D eigenvalue weighted by Gasteiger charge is 2.14. The molecule has 0 aliphatic carbocycles. The van der Waals surface area contributed by atoms with Crippen LogP contribution in [0.4, 0.5) is 10.1 Å². The highest BCUT2D eigenvalue weighted by molar-refractivity contribution is 5.64. The molecule has 0 bridgehead atoms. The summed E-state index contributed by atoms with van der Waals surface area (Å²) in [6.07, 6.45) is 3.26. The zero-order valence-corrected chi connectivity index (χ0v) is 17.8. The summed E-state index contributed by atoms with van der Waals surface area (Å²) in [6.45, 7) is 6.11. The van der Waals surface area contributed by atoms with Gasteiger partial charge >= 0.3 is 0 Å². The molecule has 32 heavy (non-hydrogen) atoms. The molecule has 0 aliphatic rings. The summed E-state index contributed by atoms with van der Waals surface area (Å²) < 4.78 is 15.7. The average molecular weight is 426 g/mol. The van der Waals surface area contributed by atoms with Crippen molar-refractivity contribution in [3.63, 3.8) is 0 Å². The van der Waals surface area contributed by atoms with Crippen LogP contribution in [0.5, 0.6) is 0 Å². The van der Waals surface area contributed by atoms with Gasteiger partial charge in [-0.2, -0.15) is 0 Å². The summed E-state index contributed by atoms with van der Waals surface area (Å²) >= 11 is 0. The van der Waals surface area contributed by atoms with E-state index in [0.717, 1.165) is 16.7 Å². The van der Waals surface area contributed by atoms with Crippen molar-refractivity contribution in [1.82, 2.24) is 9.55 Å². The van der Waals surface area contributed by atoms with E-state index in [1.807, 2.05) is 67.6 Å². The van der Waals surface area contributed by atoms with Crippen LogP contribution in [0.3, 0.4) is 0 Å². The Bertz CT molecular complexity index is 1280. The molecule has 4 rings (SSSR count). The largest absolute Gasteiger partial charge is 0.373 e. The summed E-state index contributed by atoms with van der Waals surface area (Å²) in [5.74, 6) is 0.349. The lowest BCUT2D eigenvalue weighted by Gasteiger charge is -2.18. The Morgan fingerprint density at radius 2 is 1.69 bits per heavy atom. The first-order valence-electron chi connectivity index (χ1n) is 10.5. The number of hydrogen-bond acceptors (Lipinski definition) is 3. The van der Waals surface area contributed by atoms with Gasteiger partial charge < -0.3 is 5.32 Å². The van der Waals surface area contributed by atoms with Crippen LogP contribution in [0.25, 0.3) is 22.5 Å². The number of benzene rings is 3. The second-order valence-corrected chi connectivity index (χ2v) is 7.53. The molecule has 0 spiro atoms. The van der Waals surface area contributed by atoms with Crippen molar-refractivity contribution < 1.29 is 4.39 Å². The highest BCUT2D eigenvalue weighted by atomic mass is 19.1. The van der Waals surface area contributed by atoms with Gasteiger partial charge in [-0.05, 0) is 24.1 Å². The maximum atomic E-state index is 14.1. The molecule has 160 valence electrons. The number of halogens is 1. The molecule has 0 fully saturated rings. The number of nitrogens with one attached hydrogen (secondary N) is 1. The van der Waals surface area contributed by atoms with Crippen molar-refractivity contribution in [3.8, 4) is 22.5 Å². The summed E-state index contributed by atoms with van der Waals surface area (Å²) in [5.41, 5.74) is 3.47. The first kappa shape index (κ1) is 21.2. The number of hydrogen-bond donors (Lipinski definition) is 1. The average Bonchev–Trinajstić information content (AvgIpc) is 2.83. The molecule has 1 atom stereocenters. The molecule has 1 heterocycles. The predicted molar refractivity (Wildman–Crippen MR) is 128 cm³/mol. The van der Waals surface area contributed by atoms with Crippen LogP contribution in [-0.4, -0.2) is 9.55 Å². The van der Waals surface area contributed by atoms with Crippen LogP contribution in [-0.2, 0) is 6.54 Å². The van der Waals surface area contributed by atoms with Crippen LogP contribution in [0.15, 0.2) is 103 Å². The quantitative estimate of drug-likeness (QED) is 0.365. The minimum atomic E-state index is -0.251. The van der Waals surface area contributed by atoms with Gasteiger partial charge in [-0.3, -0.25) is 9.36 Å². The minimum Gasteiger partial charge on any atom is -0.373 e. The third kappa shape index (κ3) is 4.37. The molecule has 0 amide bonds. The maximum absolute atomic E-state index is 14.1. The topological polar surface area (TPSA) is 46.9 Å². The Morgan fingerprint density at radius 1 is 1.00 bits per heavy atom. The van der Waals surface area contributed by atoms with Gasteiger partial charge in [0.2, 0.25) is 0 Å². The number of allylic oxidation sites excluding steroid dienone is 1. The molecule has 0 radical (unpaired) electrons. The van der Waals surface area contributed by atoms with E-state index in [0.29, 0.717) is 23.6 Å². The van der Waals surface area contributed by atoms with E-state index in [4.69, 9.17) is 0 Å². The second-order valence-electron chi connectivity index (χ2n) is 7.53. The van der Waals surface area contributed by atoms with Gasteiger partial charge in [0, 0.05) is 23.7 Å². The van der Waals surface area contributed by atoms with Gasteiger partial charge in [0.25, 0.3) is 5.56 Å². The molecule has 3 aromatic carbocycles. The highest BCUT2D eigenvalue weighted by Crippen LogP contribution is 2.25. The van der Waals surface area contributed by atoms with Gasteiger partial charge in [0.1, 0.15) is 17.3 Å². The third-order valence-electron chi connectivity index (χ3n) is 5.36. The monoisotopic (exact) mass is 425 g/mol. The molecule has 4 nitrogen and oxygen atoms in total. The molecule has 0 saturated heterocycles. The summed E-state index contributed by atoms with van der Waals surface area (Å²) in [5, 5.41) is 3.27. The molecule has 1 aromatic heterocycles. The number of nitrogens with zero attached hydrogens (tertiary/aromatic N) is 2. The third-order valence-corrected chi connectivity index (χ3v) is 5.36. The standard InChI is InChI=1S/C27H24FN3O/c1-3-17-31-26(22-9-5-4-6-10-22)29-18-25(27(31)32)30-19(2)20-13-15-21(16-14-20)23-11-7-8-12-24(23)28/h3-16,18-19,30H,1,17H2,2H3. The first-order valence-corrected chi connectivity index (χ1v) is 10.5. The number of aromatic nitrogens is 2. The van der Waals surface area contributed by atoms with E-state index >= 15 is 0 Å². The molecule has 5 heteroatoms. The lowest BCUT2D eigenvalue weighted by atomic mass is 10.0. The Balaban J connectivity index is 1.60. The van der Waals surface area contributed by atoms with E-state index in [-0.39, 0.29) is 17.4 Å².